The van der Waals surface area contributed by atoms with Crippen molar-refractivity contribution in [3.63, 3.8) is 0 Å². The van der Waals surface area contributed by atoms with Crippen LogP contribution in [0.15, 0.2) is 95.8 Å². The summed E-state index contributed by atoms with van der Waals surface area (Å²) in [4.78, 5) is 12.5. The lowest BCUT2D eigenvalue weighted by Crippen LogP contribution is -2.12. The van der Waals surface area contributed by atoms with Gasteiger partial charge in [0.15, 0.2) is 23.1 Å². The number of anilines is 3. The minimum absolute atomic E-state index is 0.207. The Morgan fingerprint density at radius 1 is 0.875 bits per heavy atom. The predicted octanol–water partition coefficient (Wildman–Crippen LogP) is 4.31. The molecule has 0 atom stereocenters. The maximum absolute atomic E-state index is 12.5. The van der Waals surface area contributed by atoms with Crippen LogP contribution >= 0.6 is 0 Å². The molecular weight excluding hydrogens is 406 g/mol. The largest absolute Gasteiger partial charge is 0.355 e. The second kappa shape index (κ2) is 8.52. The number of amides is 1. The van der Waals surface area contributed by atoms with Crippen LogP contribution in [0.3, 0.4) is 0 Å². The van der Waals surface area contributed by atoms with Gasteiger partial charge in [0.05, 0.1) is 0 Å². The monoisotopic (exact) mass is 423 g/mol. The highest BCUT2D eigenvalue weighted by Crippen LogP contribution is 2.21. The summed E-state index contributed by atoms with van der Waals surface area (Å²) in [6.45, 7) is 0. The summed E-state index contributed by atoms with van der Waals surface area (Å²) < 4.78 is 6.92. The number of nitrogens with one attached hydrogen (secondary N) is 2. The third kappa shape index (κ3) is 4.21. The van der Waals surface area contributed by atoms with Crippen LogP contribution < -0.4 is 10.6 Å². The van der Waals surface area contributed by atoms with E-state index in [1.54, 1.807) is 35.3 Å². The molecule has 0 saturated carbocycles. The number of carbonyl (C=O) groups excluding carboxylic acids is 1. The quantitative estimate of drug-likeness (QED) is 0.418. The van der Waals surface area contributed by atoms with Crippen LogP contribution in [-0.2, 0) is 0 Å². The van der Waals surface area contributed by atoms with Gasteiger partial charge in [-0.3, -0.25) is 4.79 Å². The highest BCUT2D eigenvalue weighted by molar-refractivity contribution is 6.03. The molecule has 0 aliphatic heterocycles. The Morgan fingerprint density at radius 2 is 1.69 bits per heavy atom. The van der Waals surface area contributed by atoms with Crippen LogP contribution in [-0.4, -0.2) is 31.0 Å². The number of hydrogen-bond acceptors (Lipinski definition) is 7. The first kappa shape index (κ1) is 19.2. The molecule has 5 aromatic rings. The van der Waals surface area contributed by atoms with Crippen LogP contribution in [0.4, 0.5) is 17.2 Å². The number of rotatable bonds is 6. The molecule has 9 heteroatoms. The van der Waals surface area contributed by atoms with E-state index in [4.69, 9.17) is 4.52 Å². The van der Waals surface area contributed by atoms with Gasteiger partial charge in [0.1, 0.15) is 0 Å². The van der Waals surface area contributed by atoms with Crippen molar-refractivity contribution in [2.75, 3.05) is 10.6 Å². The SMILES string of the molecule is O=C(Nc1ccc(Nc2ccc(-n3cccn3)nn2)cc1)c1cc(-c2ccccc2)on1. The van der Waals surface area contributed by atoms with Gasteiger partial charge in [0, 0.05) is 35.4 Å². The molecule has 3 heterocycles. The van der Waals surface area contributed by atoms with Crippen molar-refractivity contribution in [3.05, 3.63) is 97.0 Å². The molecule has 5 rings (SSSR count). The van der Waals surface area contributed by atoms with Crippen molar-refractivity contribution < 1.29 is 9.32 Å². The van der Waals surface area contributed by atoms with Gasteiger partial charge in [0.25, 0.3) is 5.91 Å². The van der Waals surface area contributed by atoms with E-state index in [9.17, 15) is 4.79 Å². The van der Waals surface area contributed by atoms with Crippen LogP contribution in [0, 0.1) is 0 Å². The molecule has 3 aromatic heterocycles. The Kier molecular flexibility index (Phi) is 5.11. The van der Waals surface area contributed by atoms with Crippen molar-refractivity contribution >= 4 is 23.1 Å². The van der Waals surface area contributed by atoms with E-state index in [0.29, 0.717) is 23.1 Å². The Labute approximate surface area is 182 Å². The summed E-state index contributed by atoms with van der Waals surface area (Å²) >= 11 is 0. The number of nitrogens with zero attached hydrogens (tertiary/aromatic N) is 5. The number of aromatic nitrogens is 5. The molecule has 0 bridgehead atoms. The summed E-state index contributed by atoms with van der Waals surface area (Å²) in [7, 11) is 0. The average Bonchev–Trinajstić information content (AvgIpc) is 3.54. The summed E-state index contributed by atoms with van der Waals surface area (Å²) in [5, 5.41) is 22.3. The normalized spacial score (nSPS) is 10.6. The fourth-order valence-electron chi connectivity index (χ4n) is 3.02. The van der Waals surface area contributed by atoms with E-state index in [0.717, 1.165) is 11.3 Å². The predicted molar refractivity (Wildman–Crippen MR) is 119 cm³/mol. The maximum atomic E-state index is 12.5. The molecule has 9 nitrogen and oxygen atoms in total. The van der Waals surface area contributed by atoms with Gasteiger partial charge in [-0.2, -0.15) is 5.10 Å². The van der Waals surface area contributed by atoms with Crippen molar-refractivity contribution in [1.82, 2.24) is 25.1 Å². The molecule has 0 radical (unpaired) electrons. The smallest absolute Gasteiger partial charge is 0.277 e. The topological polar surface area (TPSA) is 111 Å². The zero-order chi connectivity index (χ0) is 21.8. The molecular formula is C23H17N7O2. The molecule has 1 amide bonds. The molecule has 32 heavy (non-hydrogen) atoms. The molecule has 0 saturated heterocycles. The lowest BCUT2D eigenvalue weighted by Gasteiger charge is -2.07. The Balaban J connectivity index is 1.21. The molecule has 0 aliphatic rings. The molecule has 0 spiro atoms. The first-order valence-electron chi connectivity index (χ1n) is 9.79. The molecule has 0 unspecified atom stereocenters. The standard InChI is InChI=1S/C23H17N7O2/c31-23(19-15-20(32-29-19)16-5-2-1-3-6-16)26-18-9-7-17(8-10-18)25-21-11-12-22(28-27-21)30-14-4-13-24-30/h1-15H,(H,25,27)(H,26,31). The van der Waals surface area contributed by atoms with Crippen molar-refractivity contribution in [1.29, 1.82) is 0 Å². The molecule has 156 valence electrons. The van der Waals surface area contributed by atoms with Crippen molar-refractivity contribution in [2.45, 2.75) is 0 Å². The van der Waals surface area contributed by atoms with E-state index in [1.165, 1.54) is 0 Å². The summed E-state index contributed by atoms with van der Waals surface area (Å²) in [5.41, 5.74) is 2.50. The number of benzene rings is 2. The summed E-state index contributed by atoms with van der Waals surface area (Å²) in [6, 6.07) is 23.8. The van der Waals surface area contributed by atoms with Crippen LogP contribution in [0.1, 0.15) is 10.5 Å². The van der Waals surface area contributed by atoms with Crippen molar-refractivity contribution in [3.8, 4) is 17.1 Å². The van der Waals surface area contributed by atoms with E-state index in [2.05, 4.69) is 31.1 Å². The first-order chi connectivity index (χ1) is 15.7. The van der Waals surface area contributed by atoms with Gasteiger partial charge in [-0.15, -0.1) is 10.2 Å². The highest BCUT2D eigenvalue weighted by atomic mass is 16.5. The second-order valence-electron chi connectivity index (χ2n) is 6.83. The van der Waals surface area contributed by atoms with Gasteiger partial charge in [-0.1, -0.05) is 35.5 Å². The molecule has 2 aromatic carbocycles. The Morgan fingerprint density at radius 3 is 2.41 bits per heavy atom. The van der Waals surface area contributed by atoms with Crippen LogP contribution in [0.2, 0.25) is 0 Å². The first-order valence-corrected chi connectivity index (χ1v) is 9.79. The molecule has 2 N–H and O–H groups in total. The average molecular weight is 423 g/mol. The maximum Gasteiger partial charge on any atom is 0.277 e. The minimum atomic E-state index is -0.350. The number of hydrogen-bond donors (Lipinski definition) is 2. The summed E-state index contributed by atoms with van der Waals surface area (Å²) in [6.07, 6.45) is 3.48. The fourth-order valence-corrected chi connectivity index (χ4v) is 3.02. The highest BCUT2D eigenvalue weighted by Gasteiger charge is 2.14. The van der Waals surface area contributed by atoms with E-state index in [-0.39, 0.29) is 11.6 Å². The van der Waals surface area contributed by atoms with Crippen LogP contribution in [0.5, 0.6) is 0 Å². The fraction of sp³-hybridized carbons (Fsp3) is 0. The zero-order valence-electron chi connectivity index (χ0n) is 16.7. The second-order valence-corrected chi connectivity index (χ2v) is 6.83. The molecule has 0 aliphatic carbocycles. The Bertz CT molecular complexity index is 1310. The lowest BCUT2D eigenvalue weighted by atomic mass is 10.1. The van der Waals surface area contributed by atoms with E-state index >= 15 is 0 Å². The van der Waals surface area contributed by atoms with Crippen LogP contribution in [0.25, 0.3) is 17.1 Å². The minimum Gasteiger partial charge on any atom is -0.355 e. The molecule has 0 fully saturated rings. The third-order valence-electron chi connectivity index (χ3n) is 4.61. The van der Waals surface area contributed by atoms with E-state index in [1.807, 2.05) is 60.7 Å². The van der Waals surface area contributed by atoms with Gasteiger partial charge in [0.2, 0.25) is 0 Å². The van der Waals surface area contributed by atoms with Gasteiger partial charge < -0.3 is 15.2 Å². The van der Waals surface area contributed by atoms with Gasteiger partial charge >= 0.3 is 0 Å². The van der Waals surface area contributed by atoms with Crippen molar-refractivity contribution in [2.24, 2.45) is 0 Å². The Hall–Kier alpha value is -4.79. The number of carbonyl (C=O) groups is 1. The van der Waals surface area contributed by atoms with E-state index < -0.39 is 0 Å². The zero-order valence-corrected chi connectivity index (χ0v) is 16.7. The lowest BCUT2D eigenvalue weighted by molar-refractivity contribution is 0.101. The summed E-state index contributed by atoms with van der Waals surface area (Å²) in [5.74, 6) is 1.40. The third-order valence-corrected chi connectivity index (χ3v) is 4.61. The van der Waals surface area contributed by atoms with Gasteiger partial charge in [-0.05, 0) is 42.5 Å². The van der Waals surface area contributed by atoms with Gasteiger partial charge in [-0.25, -0.2) is 4.68 Å².